The van der Waals surface area contributed by atoms with Crippen LogP contribution in [0.2, 0.25) is 0 Å². The zero-order valence-corrected chi connectivity index (χ0v) is 7.10. The average molecular weight is 197 g/mol. The van der Waals surface area contributed by atoms with Crippen LogP contribution in [0.15, 0.2) is 18.2 Å². The van der Waals surface area contributed by atoms with Crippen LogP contribution in [0.25, 0.3) is 6.08 Å². The van der Waals surface area contributed by atoms with E-state index in [2.05, 4.69) is 4.74 Å². The number of phenols is 2. The maximum absolute atomic E-state index is 10.1. The minimum absolute atomic E-state index is 0.326. The van der Waals surface area contributed by atoms with Crippen molar-refractivity contribution in [2.45, 2.75) is 0 Å². The van der Waals surface area contributed by atoms with Crippen LogP contribution >= 0.6 is 0 Å². The molecule has 0 spiro atoms. The summed E-state index contributed by atoms with van der Waals surface area (Å²) in [6.45, 7) is 0. The molecular weight excluding hydrogens is 184 g/mol. The molecule has 1 aromatic rings. The lowest BCUT2D eigenvalue weighted by atomic mass is 10.1. The SMILES string of the molecule is [2H]C([2H])([2H])Oc1cc(/C=C/C=O)cc(O)c1O. The summed E-state index contributed by atoms with van der Waals surface area (Å²) >= 11 is 0. The molecule has 0 aromatic heterocycles. The second-order valence-corrected chi connectivity index (χ2v) is 2.48. The largest absolute Gasteiger partial charge is 0.504 e. The molecule has 4 nitrogen and oxygen atoms in total. The van der Waals surface area contributed by atoms with Crippen LogP contribution in [0.1, 0.15) is 9.68 Å². The van der Waals surface area contributed by atoms with E-state index in [1.54, 1.807) is 0 Å². The number of phenolic OH excluding ortho intramolecular Hbond substituents is 2. The number of hydrogen-bond donors (Lipinski definition) is 2. The Kier molecular flexibility index (Phi) is 2.00. The standard InChI is InChI=1S/C10H10O4/c1-14-9-6-7(3-2-4-11)5-8(12)10(9)13/h2-6,12-13H,1H3/b3-2+/i1D3. The zero-order valence-electron chi connectivity index (χ0n) is 10.1. The van der Waals surface area contributed by atoms with Gasteiger partial charge in [0.2, 0.25) is 5.75 Å². The van der Waals surface area contributed by atoms with Crippen molar-refractivity contribution >= 4 is 12.4 Å². The first-order valence-electron chi connectivity index (χ1n) is 5.20. The van der Waals surface area contributed by atoms with E-state index in [9.17, 15) is 15.0 Å². The van der Waals surface area contributed by atoms with Crippen LogP contribution < -0.4 is 4.74 Å². The summed E-state index contributed by atoms with van der Waals surface area (Å²) in [6, 6.07) is 2.36. The van der Waals surface area contributed by atoms with E-state index in [-0.39, 0.29) is 5.75 Å². The van der Waals surface area contributed by atoms with Gasteiger partial charge in [-0.15, -0.1) is 0 Å². The van der Waals surface area contributed by atoms with Crippen molar-refractivity contribution in [2.24, 2.45) is 0 Å². The Balaban J connectivity index is 3.15. The van der Waals surface area contributed by atoms with Crippen molar-refractivity contribution in [3.05, 3.63) is 23.8 Å². The van der Waals surface area contributed by atoms with Gasteiger partial charge in [-0.25, -0.2) is 0 Å². The van der Waals surface area contributed by atoms with Gasteiger partial charge >= 0.3 is 0 Å². The number of carbonyl (C=O) groups is 1. The monoisotopic (exact) mass is 197 g/mol. The molecule has 0 heterocycles. The van der Waals surface area contributed by atoms with Gasteiger partial charge in [0.05, 0.1) is 11.2 Å². The Bertz CT molecular complexity index is 452. The molecule has 0 bridgehead atoms. The summed E-state index contributed by atoms with van der Waals surface area (Å²) in [5.41, 5.74) is 0.326. The van der Waals surface area contributed by atoms with Gasteiger partial charge in [-0.2, -0.15) is 0 Å². The molecule has 0 aliphatic rings. The van der Waals surface area contributed by atoms with Crippen LogP contribution in [0.3, 0.4) is 0 Å². The molecule has 0 amide bonds. The van der Waals surface area contributed by atoms with E-state index in [0.29, 0.717) is 11.8 Å². The molecule has 0 radical (unpaired) electrons. The molecule has 2 N–H and O–H groups in total. The molecule has 1 rings (SSSR count). The number of ether oxygens (including phenoxy) is 1. The third-order valence-corrected chi connectivity index (χ3v) is 1.55. The van der Waals surface area contributed by atoms with Gasteiger partial charge in [0.25, 0.3) is 0 Å². The second-order valence-electron chi connectivity index (χ2n) is 2.48. The van der Waals surface area contributed by atoms with Gasteiger partial charge in [0, 0.05) is 0 Å². The van der Waals surface area contributed by atoms with E-state index < -0.39 is 18.5 Å². The molecule has 0 unspecified atom stereocenters. The van der Waals surface area contributed by atoms with E-state index in [1.807, 2.05) is 0 Å². The number of rotatable bonds is 3. The number of aldehydes is 1. The fraction of sp³-hybridized carbons (Fsp3) is 0.100. The fourth-order valence-electron chi connectivity index (χ4n) is 0.938. The predicted molar refractivity (Wildman–Crippen MR) is 51.4 cm³/mol. The molecule has 0 fully saturated rings. The molecule has 0 saturated heterocycles. The highest BCUT2D eigenvalue weighted by atomic mass is 16.5. The predicted octanol–water partition coefficient (Wildman–Crippen LogP) is 1.32. The Morgan fingerprint density at radius 3 is 2.93 bits per heavy atom. The summed E-state index contributed by atoms with van der Waals surface area (Å²) in [7, 11) is -2.74. The van der Waals surface area contributed by atoms with E-state index in [0.717, 1.165) is 6.08 Å². The number of methoxy groups -OCH3 is 1. The maximum atomic E-state index is 10.1. The van der Waals surface area contributed by atoms with Gasteiger partial charge < -0.3 is 14.9 Å². The number of benzene rings is 1. The molecule has 0 aliphatic carbocycles. The lowest BCUT2D eigenvalue weighted by molar-refractivity contribution is -0.104. The summed E-state index contributed by atoms with van der Waals surface area (Å²) in [5.74, 6) is -1.57. The van der Waals surface area contributed by atoms with Crippen molar-refractivity contribution < 1.29 is 23.9 Å². The summed E-state index contributed by atoms with van der Waals surface area (Å²) in [5, 5.41) is 18.7. The van der Waals surface area contributed by atoms with Crippen molar-refractivity contribution in [1.82, 2.24) is 0 Å². The van der Waals surface area contributed by atoms with E-state index in [1.165, 1.54) is 18.2 Å². The van der Waals surface area contributed by atoms with Gasteiger partial charge in [0.15, 0.2) is 11.5 Å². The fourth-order valence-corrected chi connectivity index (χ4v) is 0.938. The number of allylic oxidation sites excluding steroid dienone is 1. The van der Waals surface area contributed by atoms with Crippen LogP contribution in [0, 0.1) is 0 Å². The van der Waals surface area contributed by atoms with Gasteiger partial charge in [-0.05, 0) is 23.8 Å². The molecule has 74 valence electrons. The third-order valence-electron chi connectivity index (χ3n) is 1.55. The zero-order chi connectivity index (χ0) is 13.1. The Morgan fingerprint density at radius 1 is 1.50 bits per heavy atom. The molecule has 4 heteroatoms. The normalized spacial score (nSPS) is 14.4. The van der Waals surface area contributed by atoms with E-state index in [4.69, 9.17) is 4.11 Å². The molecule has 0 aliphatic heterocycles. The lowest BCUT2D eigenvalue weighted by Crippen LogP contribution is -1.85. The highest BCUT2D eigenvalue weighted by Gasteiger charge is 2.07. The number of aromatic hydroxyl groups is 2. The smallest absolute Gasteiger partial charge is 0.200 e. The lowest BCUT2D eigenvalue weighted by Gasteiger charge is -2.05. The van der Waals surface area contributed by atoms with Crippen LogP contribution in [-0.4, -0.2) is 23.5 Å². The number of carbonyl (C=O) groups excluding carboxylic acids is 1. The summed E-state index contributed by atoms with van der Waals surface area (Å²) < 4.78 is 25.2. The molecular formula is C10H10O4. The second kappa shape index (κ2) is 4.32. The first kappa shape index (κ1) is 6.48. The summed E-state index contributed by atoms with van der Waals surface area (Å²) in [4.78, 5) is 10.1. The Hall–Kier alpha value is -1.97. The van der Waals surface area contributed by atoms with Crippen molar-refractivity contribution in [3.63, 3.8) is 0 Å². The van der Waals surface area contributed by atoms with Crippen LogP contribution in [0.4, 0.5) is 0 Å². The van der Waals surface area contributed by atoms with Gasteiger partial charge in [0.1, 0.15) is 6.29 Å². The Labute approximate surface area is 85.3 Å². The highest BCUT2D eigenvalue weighted by Crippen LogP contribution is 2.36. The molecule has 14 heavy (non-hydrogen) atoms. The minimum atomic E-state index is -2.74. The maximum Gasteiger partial charge on any atom is 0.200 e. The first-order chi connectivity index (χ1) is 7.83. The molecule has 0 saturated carbocycles. The van der Waals surface area contributed by atoms with Crippen LogP contribution in [0.5, 0.6) is 17.2 Å². The highest BCUT2D eigenvalue weighted by molar-refractivity contribution is 5.75. The summed E-state index contributed by atoms with van der Waals surface area (Å²) in [6.07, 6.45) is 3.01. The molecule has 0 atom stereocenters. The Morgan fingerprint density at radius 2 is 2.29 bits per heavy atom. The minimum Gasteiger partial charge on any atom is -0.504 e. The quantitative estimate of drug-likeness (QED) is 0.435. The van der Waals surface area contributed by atoms with Crippen molar-refractivity contribution in [2.75, 3.05) is 7.04 Å². The van der Waals surface area contributed by atoms with E-state index >= 15 is 0 Å². The van der Waals surface area contributed by atoms with Crippen molar-refractivity contribution in [1.29, 1.82) is 0 Å². The van der Waals surface area contributed by atoms with Gasteiger partial charge in [-0.1, -0.05) is 6.08 Å². The van der Waals surface area contributed by atoms with Crippen LogP contribution in [-0.2, 0) is 4.79 Å². The molecule has 1 aromatic carbocycles. The van der Waals surface area contributed by atoms with Crippen molar-refractivity contribution in [3.8, 4) is 17.2 Å². The average Bonchev–Trinajstić information content (AvgIpc) is 2.20. The van der Waals surface area contributed by atoms with Gasteiger partial charge in [-0.3, -0.25) is 4.79 Å². The first-order valence-corrected chi connectivity index (χ1v) is 3.70. The number of hydrogen-bond acceptors (Lipinski definition) is 4. The third kappa shape index (κ3) is 2.04. The topological polar surface area (TPSA) is 66.8 Å².